The predicted octanol–water partition coefficient (Wildman–Crippen LogP) is 3.38. The number of alkyl halides is 1. The number of hydrogen-bond acceptors (Lipinski definition) is 1. The first-order chi connectivity index (χ1) is 8.34. The Kier molecular flexibility index (Phi) is 5.39. The fourth-order valence-electron chi connectivity index (χ4n) is 1.55. The molecule has 0 aliphatic rings. The molecule has 1 N–H and O–H groups in total. The van der Waals surface area contributed by atoms with Crippen LogP contribution in [0.25, 0.3) is 0 Å². The molecule has 0 unspecified atom stereocenters. The van der Waals surface area contributed by atoms with Gasteiger partial charge in [0.15, 0.2) is 0 Å². The van der Waals surface area contributed by atoms with E-state index in [1.807, 2.05) is 6.07 Å². The van der Waals surface area contributed by atoms with Crippen molar-refractivity contribution in [2.24, 2.45) is 5.41 Å². The van der Waals surface area contributed by atoms with Gasteiger partial charge in [0.05, 0.1) is 6.42 Å². The summed E-state index contributed by atoms with van der Waals surface area (Å²) in [7, 11) is 0. The number of rotatable bonds is 5. The van der Waals surface area contributed by atoms with Crippen molar-refractivity contribution in [1.29, 1.82) is 0 Å². The third kappa shape index (κ3) is 4.81. The molecule has 1 aromatic rings. The molecule has 0 atom stereocenters. The van der Waals surface area contributed by atoms with Crippen molar-refractivity contribution in [3.8, 4) is 0 Å². The number of hydrogen-bond donors (Lipinski definition) is 1. The summed E-state index contributed by atoms with van der Waals surface area (Å²) in [4.78, 5) is 11.8. The number of amides is 1. The SMILES string of the molecule is Cc1ccc(CC(=O)NCC(C)(C)CBr)cc1C. The maximum atomic E-state index is 11.8. The third-order valence-electron chi connectivity index (χ3n) is 3.06. The van der Waals surface area contributed by atoms with Crippen LogP contribution in [0.1, 0.15) is 30.5 Å². The molecule has 0 aliphatic heterocycles. The second-order valence-corrected chi connectivity index (χ2v) is 6.23. The summed E-state index contributed by atoms with van der Waals surface area (Å²) in [5.41, 5.74) is 3.67. The Morgan fingerprint density at radius 2 is 1.94 bits per heavy atom. The van der Waals surface area contributed by atoms with Crippen LogP contribution in [0.2, 0.25) is 0 Å². The Morgan fingerprint density at radius 3 is 2.50 bits per heavy atom. The summed E-state index contributed by atoms with van der Waals surface area (Å²) in [6.07, 6.45) is 0.458. The highest BCUT2D eigenvalue weighted by Crippen LogP contribution is 2.16. The highest BCUT2D eigenvalue weighted by Gasteiger charge is 2.17. The van der Waals surface area contributed by atoms with E-state index in [0.717, 1.165) is 10.9 Å². The predicted molar refractivity (Wildman–Crippen MR) is 80.2 cm³/mol. The summed E-state index contributed by atoms with van der Waals surface area (Å²) >= 11 is 3.45. The molecule has 0 spiro atoms. The zero-order chi connectivity index (χ0) is 13.8. The topological polar surface area (TPSA) is 29.1 Å². The quantitative estimate of drug-likeness (QED) is 0.830. The third-order valence-corrected chi connectivity index (χ3v) is 4.58. The standard InChI is InChI=1S/C15H22BrNO/c1-11-5-6-13(7-12(11)2)8-14(18)17-10-15(3,4)9-16/h5-7H,8-10H2,1-4H3,(H,17,18). The Morgan fingerprint density at radius 1 is 1.28 bits per heavy atom. The molecule has 18 heavy (non-hydrogen) atoms. The van der Waals surface area contributed by atoms with Crippen molar-refractivity contribution in [1.82, 2.24) is 5.32 Å². The van der Waals surface area contributed by atoms with Crippen LogP contribution >= 0.6 is 15.9 Å². The van der Waals surface area contributed by atoms with Gasteiger partial charge in [-0.25, -0.2) is 0 Å². The van der Waals surface area contributed by atoms with Gasteiger partial charge >= 0.3 is 0 Å². The molecular weight excluding hydrogens is 290 g/mol. The van der Waals surface area contributed by atoms with Gasteiger partial charge in [0.2, 0.25) is 5.91 Å². The van der Waals surface area contributed by atoms with Crippen LogP contribution in [0.15, 0.2) is 18.2 Å². The van der Waals surface area contributed by atoms with Gasteiger partial charge in [-0.1, -0.05) is 48.0 Å². The van der Waals surface area contributed by atoms with Gasteiger partial charge in [-0.05, 0) is 36.0 Å². The van der Waals surface area contributed by atoms with Gasteiger partial charge in [-0.2, -0.15) is 0 Å². The van der Waals surface area contributed by atoms with Crippen molar-refractivity contribution >= 4 is 21.8 Å². The van der Waals surface area contributed by atoms with E-state index in [-0.39, 0.29) is 11.3 Å². The van der Waals surface area contributed by atoms with Crippen LogP contribution in [-0.2, 0) is 11.2 Å². The van der Waals surface area contributed by atoms with E-state index in [4.69, 9.17) is 0 Å². The molecule has 0 fully saturated rings. The lowest BCUT2D eigenvalue weighted by molar-refractivity contribution is -0.120. The summed E-state index contributed by atoms with van der Waals surface area (Å²) in [5.74, 6) is 0.0901. The zero-order valence-electron chi connectivity index (χ0n) is 11.6. The van der Waals surface area contributed by atoms with Gasteiger partial charge in [0, 0.05) is 11.9 Å². The van der Waals surface area contributed by atoms with Gasteiger partial charge < -0.3 is 5.32 Å². The smallest absolute Gasteiger partial charge is 0.224 e. The summed E-state index contributed by atoms with van der Waals surface area (Å²) in [6, 6.07) is 6.18. The Hall–Kier alpha value is -0.830. The fraction of sp³-hybridized carbons (Fsp3) is 0.533. The van der Waals surface area contributed by atoms with Gasteiger partial charge in [-0.3, -0.25) is 4.79 Å². The molecule has 2 nitrogen and oxygen atoms in total. The summed E-state index contributed by atoms with van der Waals surface area (Å²) < 4.78 is 0. The molecule has 0 saturated carbocycles. The second kappa shape index (κ2) is 6.37. The zero-order valence-corrected chi connectivity index (χ0v) is 13.2. The lowest BCUT2D eigenvalue weighted by atomic mass is 9.96. The molecule has 3 heteroatoms. The normalized spacial score (nSPS) is 11.4. The van der Waals surface area contributed by atoms with E-state index >= 15 is 0 Å². The summed E-state index contributed by atoms with van der Waals surface area (Å²) in [6.45, 7) is 9.10. The number of carbonyl (C=O) groups is 1. The van der Waals surface area contributed by atoms with Crippen molar-refractivity contribution < 1.29 is 4.79 Å². The first-order valence-corrected chi connectivity index (χ1v) is 7.35. The van der Waals surface area contributed by atoms with E-state index in [1.165, 1.54) is 11.1 Å². The van der Waals surface area contributed by atoms with Gasteiger partial charge in [0.25, 0.3) is 0 Å². The number of aryl methyl sites for hydroxylation is 2. The minimum absolute atomic E-state index is 0.0901. The van der Waals surface area contributed by atoms with Gasteiger partial charge in [-0.15, -0.1) is 0 Å². The molecule has 0 aliphatic carbocycles. The number of halogens is 1. The molecule has 100 valence electrons. The van der Waals surface area contributed by atoms with E-state index in [9.17, 15) is 4.79 Å². The number of benzene rings is 1. The van der Waals surface area contributed by atoms with E-state index < -0.39 is 0 Å². The van der Waals surface area contributed by atoms with E-state index in [0.29, 0.717) is 13.0 Å². The molecule has 1 rings (SSSR count). The minimum Gasteiger partial charge on any atom is -0.355 e. The van der Waals surface area contributed by atoms with Crippen LogP contribution < -0.4 is 5.32 Å². The average Bonchev–Trinajstić information content (AvgIpc) is 2.32. The molecule has 0 saturated heterocycles. The summed E-state index contributed by atoms with van der Waals surface area (Å²) in [5, 5.41) is 3.87. The lowest BCUT2D eigenvalue weighted by Gasteiger charge is -2.21. The molecule has 0 heterocycles. The average molecular weight is 312 g/mol. The first-order valence-electron chi connectivity index (χ1n) is 6.23. The lowest BCUT2D eigenvalue weighted by Crippen LogP contribution is -2.35. The van der Waals surface area contributed by atoms with Crippen LogP contribution in [0.5, 0.6) is 0 Å². The number of carbonyl (C=O) groups excluding carboxylic acids is 1. The largest absolute Gasteiger partial charge is 0.355 e. The van der Waals surface area contributed by atoms with Crippen LogP contribution in [0.3, 0.4) is 0 Å². The first kappa shape index (κ1) is 15.2. The Labute approximate surface area is 118 Å². The highest BCUT2D eigenvalue weighted by molar-refractivity contribution is 9.09. The molecule has 0 aromatic heterocycles. The monoisotopic (exact) mass is 311 g/mol. The molecule has 0 radical (unpaired) electrons. The maximum absolute atomic E-state index is 11.8. The molecule has 0 bridgehead atoms. The fourth-order valence-corrected chi connectivity index (χ4v) is 1.74. The van der Waals surface area contributed by atoms with Gasteiger partial charge in [0.1, 0.15) is 0 Å². The van der Waals surface area contributed by atoms with E-state index in [1.54, 1.807) is 0 Å². The minimum atomic E-state index is 0.0901. The van der Waals surface area contributed by atoms with Crippen molar-refractivity contribution in [3.05, 3.63) is 34.9 Å². The highest BCUT2D eigenvalue weighted by atomic mass is 79.9. The Balaban J connectivity index is 2.52. The number of nitrogens with one attached hydrogen (secondary N) is 1. The van der Waals surface area contributed by atoms with Crippen LogP contribution in [0.4, 0.5) is 0 Å². The van der Waals surface area contributed by atoms with E-state index in [2.05, 4.69) is 61.1 Å². The molecule has 1 amide bonds. The van der Waals surface area contributed by atoms with Crippen LogP contribution in [-0.4, -0.2) is 17.8 Å². The van der Waals surface area contributed by atoms with Crippen molar-refractivity contribution in [3.63, 3.8) is 0 Å². The van der Waals surface area contributed by atoms with Crippen molar-refractivity contribution in [2.45, 2.75) is 34.1 Å². The van der Waals surface area contributed by atoms with Crippen LogP contribution in [0, 0.1) is 19.3 Å². The maximum Gasteiger partial charge on any atom is 0.224 e. The molecular formula is C15H22BrNO. The second-order valence-electron chi connectivity index (χ2n) is 5.67. The Bertz CT molecular complexity index is 427. The molecule has 1 aromatic carbocycles. The van der Waals surface area contributed by atoms with Crippen molar-refractivity contribution in [2.75, 3.05) is 11.9 Å².